The fourth-order valence-corrected chi connectivity index (χ4v) is 5.42. The van der Waals surface area contributed by atoms with Crippen LogP contribution in [0.15, 0.2) is 36.4 Å². The van der Waals surface area contributed by atoms with Crippen molar-refractivity contribution in [2.45, 2.75) is 25.8 Å². The number of methoxy groups -OCH3 is 1. The Labute approximate surface area is 170 Å². The van der Waals surface area contributed by atoms with Crippen molar-refractivity contribution in [2.75, 3.05) is 31.8 Å². The summed E-state index contributed by atoms with van der Waals surface area (Å²) in [5, 5.41) is 1.45. The van der Waals surface area contributed by atoms with Gasteiger partial charge in [0, 0.05) is 18.0 Å². The van der Waals surface area contributed by atoms with Crippen LogP contribution in [0.1, 0.15) is 30.1 Å². The van der Waals surface area contributed by atoms with Gasteiger partial charge < -0.3 is 14.4 Å². The zero-order chi connectivity index (χ0) is 21.0. The first-order chi connectivity index (χ1) is 13.9. The van der Waals surface area contributed by atoms with Crippen LogP contribution in [-0.2, 0) is 19.4 Å². The third-order valence-corrected chi connectivity index (χ3v) is 6.84. The minimum atomic E-state index is -3.11. The van der Waals surface area contributed by atoms with Crippen molar-refractivity contribution in [1.29, 1.82) is 0 Å². The van der Waals surface area contributed by atoms with E-state index in [-0.39, 0.29) is 23.5 Å². The summed E-state index contributed by atoms with van der Waals surface area (Å²) in [7, 11) is -1.55. The number of benzene rings is 2. The van der Waals surface area contributed by atoms with E-state index in [1.165, 1.54) is 4.90 Å². The summed E-state index contributed by atoms with van der Waals surface area (Å²) >= 11 is 0. The van der Waals surface area contributed by atoms with Crippen molar-refractivity contribution < 1.29 is 27.5 Å². The molecule has 7 nitrogen and oxygen atoms in total. The molecule has 2 aromatic rings. The molecule has 2 aromatic carbocycles. The second-order valence-electron chi connectivity index (χ2n) is 7.08. The Morgan fingerprint density at radius 3 is 2.48 bits per heavy atom. The Morgan fingerprint density at radius 1 is 1.14 bits per heavy atom. The fourth-order valence-electron chi connectivity index (χ4n) is 3.69. The monoisotopic (exact) mass is 419 g/mol. The van der Waals surface area contributed by atoms with Gasteiger partial charge in [-0.15, -0.1) is 0 Å². The molecule has 0 N–H and O–H groups in total. The molecule has 0 aromatic heterocycles. The van der Waals surface area contributed by atoms with E-state index in [0.717, 1.165) is 5.39 Å². The van der Waals surface area contributed by atoms with Gasteiger partial charge >= 0.3 is 5.97 Å². The van der Waals surface area contributed by atoms with E-state index in [0.29, 0.717) is 36.1 Å². The summed E-state index contributed by atoms with van der Waals surface area (Å²) in [4.78, 5) is 26.8. The number of hydrogen-bond donors (Lipinski definition) is 0. The van der Waals surface area contributed by atoms with Gasteiger partial charge in [-0.25, -0.2) is 13.2 Å². The minimum Gasteiger partial charge on any atom is -0.496 e. The molecule has 0 saturated carbocycles. The third kappa shape index (κ3) is 4.70. The molecule has 1 aliphatic rings. The second kappa shape index (κ2) is 8.82. The van der Waals surface area contributed by atoms with E-state index in [1.807, 2.05) is 25.1 Å². The van der Waals surface area contributed by atoms with Crippen LogP contribution in [0.4, 0.5) is 0 Å². The van der Waals surface area contributed by atoms with Crippen LogP contribution in [0.3, 0.4) is 0 Å². The maximum atomic E-state index is 12.7. The van der Waals surface area contributed by atoms with E-state index in [1.54, 1.807) is 25.3 Å². The van der Waals surface area contributed by atoms with Crippen LogP contribution < -0.4 is 4.74 Å². The molecule has 29 heavy (non-hydrogen) atoms. The number of ether oxygens (including phenoxy) is 2. The van der Waals surface area contributed by atoms with Gasteiger partial charge in [-0.05, 0) is 30.4 Å². The number of hydrogen-bond acceptors (Lipinski definition) is 6. The number of fused-ring (bicyclic) bond motifs is 1. The van der Waals surface area contributed by atoms with Crippen molar-refractivity contribution >= 4 is 32.5 Å². The van der Waals surface area contributed by atoms with Gasteiger partial charge in [0.1, 0.15) is 5.75 Å². The van der Waals surface area contributed by atoms with Crippen LogP contribution >= 0.6 is 0 Å². The largest absolute Gasteiger partial charge is 0.496 e. The van der Waals surface area contributed by atoms with Gasteiger partial charge in [-0.1, -0.05) is 31.2 Å². The smallest absolute Gasteiger partial charge is 0.339 e. The van der Waals surface area contributed by atoms with Crippen LogP contribution in [0.2, 0.25) is 0 Å². The first kappa shape index (κ1) is 21.1. The zero-order valence-electron chi connectivity index (χ0n) is 16.6. The van der Waals surface area contributed by atoms with Gasteiger partial charge in [0.15, 0.2) is 16.4 Å². The highest BCUT2D eigenvalue weighted by Gasteiger charge is 2.34. The lowest BCUT2D eigenvalue weighted by atomic mass is 10.0. The predicted molar refractivity (Wildman–Crippen MR) is 110 cm³/mol. The average Bonchev–Trinajstić information content (AvgIpc) is 3.08. The number of carbonyl (C=O) groups excluding carboxylic acids is 2. The lowest BCUT2D eigenvalue weighted by Gasteiger charge is -2.27. The van der Waals surface area contributed by atoms with E-state index in [2.05, 4.69) is 0 Å². The van der Waals surface area contributed by atoms with Crippen LogP contribution in [-0.4, -0.2) is 63.0 Å². The SMILES string of the molecule is CCCN(C(=O)COC(=O)c1ccc(OC)c2ccccc12)C1CCS(=O)(=O)C1. The molecule has 1 atom stereocenters. The van der Waals surface area contributed by atoms with Crippen molar-refractivity contribution in [1.82, 2.24) is 4.90 Å². The molecule has 0 bridgehead atoms. The lowest BCUT2D eigenvalue weighted by molar-refractivity contribution is -0.136. The van der Waals surface area contributed by atoms with Gasteiger partial charge in [0.25, 0.3) is 5.91 Å². The summed E-state index contributed by atoms with van der Waals surface area (Å²) in [5.41, 5.74) is 0.347. The van der Waals surface area contributed by atoms with Crippen molar-refractivity contribution in [2.24, 2.45) is 0 Å². The zero-order valence-corrected chi connectivity index (χ0v) is 17.4. The summed E-state index contributed by atoms with van der Waals surface area (Å²) in [6.07, 6.45) is 1.12. The van der Waals surface area contributed by atoms with Crippen LogP contribution in [0.5, 0.6) is 5.75 Å². The molecule has 3 rings (SSSR count). The Bertz CT molecular complexity index is 1020. The summed E-state index contributed by atoms with van der Waals surface area (Å²) in [5.74, 6) is -0.281. The molecule has 0 aliphatic carbocycles. The second-order valence-corrected chi connectivity index (χ2v) is 9.31. The average molecular weight is 419 g/mol. The highest BCUT2D eigenvalue weighted by molar-refractivity contribution is 7.91. The molecule has 1 amide bonds. The van der Waals surface area contributed by atoms with E-state index in [9.17, 15) is 18.0 Å². The number of esters is 1. The lowest BCUT2D eigenvalue weighted by Crippen LogP contribution is -2.43. The molecule has 0 radical (unpaired) electrons. The molecule has 8 heteroatoms. The fraction of sp³-hybridized carbons (Fsp3) is 0.429. The number of sulfone groups is 1. The Kier molecular flexibility index (Phi) is 6.42. The van der Waals surface area contributed by atoms with Crippen LogP contribution in [0.25, 0.3) is 10.8 Å². The molecule has 1 aliphatic heterocycles. The molecule has 156 valence electrons. The maximum absolute atomic E-state index is 12.7. The minimum absolute atomic E-state index is 0.0319. The highest BCUT2D eigenvalue weighted by atomic mass is 32.2. The molecule has 1 unspecified atom stereocenters. The first-order valence-electron chi connectivity index (χ1n) is 9.59. The molecular weight excluding hydrogens is 394 g/mol. The van der Waals surface area contributed by atoms with E-state index >= 15 is 0 Å². The quantitative estimate of drug-likeness (QED) is 0.641. The molecule has 1 saturated heterocycles. The Morgan fingerprint density at radius 2 is 1.86 bits per heavy atom. The number of nitrogens with zero attached hydrogens (tertiary/aromatic N) is 1. The molecule has 1 fully saturated rings. The Hall–Kier alpha value is -2.61. The molecule has 0 spiro atoms. The van der Waals surface area contributed by atoms with Crippen molar-refractivity contribution in [3.63, 3.8) is 0 Å². The van der Waals surface area contributed by atoms with Crippen molar-refractivity contribution in [3.8, 4) is 5.75 Å². The topological polar surface area (TPSA) is 90.0 Å². The first-order valence-corrected chi connectivity index (χ1v) is 11.4. The molecule has 1 heterocycles. The van der Waals surface area contributed by atoms with Gasteiger partial charge in [0.2, 0.25) is 0 Å². The number of carbonyl (C=O) groups is 2. The van der Waals surface area contributed by atoms with E-state index < -0.39 is 22.4 Å². The van der Waals surface area contributed by atoms with Crippen LogP contribution in [0, 0.1) is 0 Å². The number of rotatable bonds is 7. The molecular formula is C21H25NO6S. The van der Waals surface area contributed by atoms with Crippen molar-refractivity contribution in [3.05, 3.63) is 42.0 Å². The summed E-state index contributed by atoms with van der Waals surface area (Å²) in [6.45, 7) is 1.93. The number of amides is 1. The third-order valence-electron chi connectivity index (χ3n) is 5.08. The van der Waals surface area contributed by atoms with E-state index in [4.69, 9.17) is 9.47 Å². The maximum Gasteiger partial charge on any atom is 0.339 e. The predicted octanol–water partition coefficient (Wildman–Crippen LogP) is 2.43. The van der Waals surface area contributed by atoms with Gasteiger partial charge in [0.05, 0.1) is 24.2 Å². The summed E-state index contributed by atoms with van der Waals surface area (Å²) in [6, 6.07) is 10.2. The summed E-state index contributed by atoms with van der Waals surface area (Å²) < 4.78 is 34.2. The van der Waals surface area contributed by atoms with Gasteiger partial charge in [-0.3, -0.25) is 4.79 Å². The normalized spacial score (nSPS) is 17.8. The standard InChI is InChI=1S/C21H25NO6S/c1-3-11-22(15-10-12-29(25,26)14-15)20(23)13-28-21(24)18-8-9-19(27-2)17-7-5-4-6-16(17)18/h4-9,15H,3,10-14H2,1-2H3. The Balaban J connectivity index is 1.73. The van der Waals surface area contributed by atoms with Gasteiger partial charge in [-0.2, -0.15) is 0 Å². The highest BCUT2D eigenvalue weighted by Crippen LogP contribution is 2.28.